The van der Waals surface area contributed by atoms with Crippen LogP contribution in [-0.2, 0) is 0 Å². The molecule has 0 aliphatic rings. The molecule has 0 saturated carbocycles. The molecule has 0 atom stereocenters. The van der Waals surface area contributed by atoms with Crippen LogP contribution >= 0.6 is 27.3 Å². The summed E-state index contributed by atoms with van der Waals surface area (Å²) in [5.74, 6) is -0.0330. The number of aromatic amines is 1. The molecule has 2 aromatic heterocycles. The van der Waals surface area contributed by atoms with E-state index >= 15 is 0 Å². The number of ether oxygens (including phenoxy) is 2. The largest absolute Gasteiger partial charge is 0.496 e. The van der Waals surface area contributed by atoms with Gasteiger partial charge in [-0.15, -0.1) is 11.3 Å². The average molecular weight is 500 g/mol. The summed E-state index contributed by atoms with van der Waals surface area (Å²) in [5, 5.41) is 2.52. The topological polar surface area (TPSA) is 92.4 Å². The van der Waals surface area contributed by atoms with Crippen molar-refractivity contribution in [3.63, 3.8) is 0 Å². The van der Waals surface area contributed by atoms with E-state index < -0.39 is 11.8 Å². The van der Waals surface area contributed by atoms with Crippen molar-refractivity contribution >= 4 is 50.0 Å². The van der Waals surface area contributed by atoms with Crippen molar-refractivity contribution in [2.24, 2.45) is 0 Å². The maximum Gasteiger partial charge on any atom is 0.279 e. The maximum absolute atomic E-state index is 13.0. The van der Waals surface area contributed by atoms with E-state index in [1.54, 1.807) is 30.7 Å². The van der Waals surface area contributed by atoms with Gasteiger partial charge in [0.1, 0.15) is 17.1 Å². The molecule has 2 amide bonds. The van der Waals surface area contributed by atoms with Crippen LogP contribution in [0.5, 0.6) is 11.5 Å². The average Bonchev–Trinajstić information content (AvgIpc) is 3.47. The number of hydrogen-bond acceptors (Lipinski definition) is 5. The third kappa shape index (κ3) is 4.01. The number of benzene rings is 2. The Kier molecular flexibility index (Phi) is 5.97. The predicted octanol–water partition coefficient (Wildman–Crippen LogP) is 4.75. The fourth-order valence-corrected chi connectivity index (χ4v) is 4.20. The van der Waals surface area contributed by atoms with Crippen LogP contribution in [0, 0.1) is 0 Å². The molecule has 158 valence electrons. The molecular weight excluding hydrogens is 482 g/mol. The highest BCUT2D eigenvalue weighted by Crippen LogP contribution is 2.41. The van der Waals surface area contributed by atoms with Crippen molar-refractivity contribution in [2.75, 3.05) is 14.2 Å². The lowest BCUT2D eigenvalue weighted by Gasteiger charge is -2.14. The summed E-state index contributed by atoms with van der Waals surface area (Å²) >= 11 is 4.73. The number of rotatable bonds is 5. The molecule has 0 unspecified atom stereocenters. The van der Waals surface area contributed by atoms with Crippen molar-refractivity contribution in [2.45, 2.75) is 0 Å². The van der Waals surface area contributed by atoms with Gasteiger partial charge in [0.25, 0.3) is 11.8 Å². The highest BCUT2D eigenvalue weighted by molar-refractivity contribution is 9.10. The van der Waals surface area contributed by atoms with E-state index in [4.69, 9.17) is 9.47 Å². The van der Waals surface area contributed by atoms with E-state index in [9.17, 15) is 9.59 Å². The van der Waals surface area contributed by atoms with Crippen molar-refractivity contribution < 1.29 is 19.1 Å². The van der Waals surface area contributed by atoms with Gasteiger partial charge in [0.2, 0.25) is 0 Å². The third-order valence-corrected chi connectivity index (χ3v) is 6.14. The number of nitrogens with one attached hydrogen (secondary N) is 3. The fraction of sp³-hybridized carbons (Fsp3) is 0.0909. The lowest BCUT2D eigenvalue weighted by atomic mass is 10.0. The number of hydrogen-bond donors (Lipinski definition) is 3. The van der Waals surface area contributed by atoms with Crippen molar-refractivity contribution in [1.82, 2.24) is 15.8 Å². The zero-order valence-corrected chi connectivity index (χ0v) is 19.0. The van der Waals surface area contributed by atoms with Gasteiger partial charge in [0.05, 0.1) is 30.0 Å². The van der Waals surface area contributed by atoms with Gasteiger partial charge >= 0.3 is 0 Å². The minimum Gasteiger partial charge on any atom is -0.496 e. The van der Waals surface area contributed by atoms with Gasteiger partial charge in [-0.2, -0.15) is 0 Å². The Morgan fingerprint density at radius 1 is 1.00 bits per heavy atom. The van der Waals surface area contributed by atoms with Crippen LogP contribution in [0.4, 0.5) is 0 Å². The number of halogens is 1. The Hall–Kier alpha value is -3.30. The second-order valence-electron chi connectivity index (χ2n) is 6.50. The van der Waals surface area contributed by atoms with Crippen LogP contribution in [0.1, 0.15) is 20.0 Å². The van der Waals surface area contributed by atoms with Gasteiger partial charge in [-0.05, 0) is 29.1 Å². The van der Waals surface area contributed by atoms with Crippen LogP contribution in [0.25, 0.3) is 22.0 Å². The summed E-state index contributed by atoms with van der Waals surface area (Å²) in [5.41, 5.74) is 7.53. The molecule has 0 aliphatic carbocycles. The van der Waals surface area contributed by atoms with E-state index in [2.05, 4.69) is 31.8 Å². The lowest BCUT2D eigenvalue weighted by molar-refractivity contribution is 0.0848. The monoisotopic (exact) mass is 499 g/mol. The molecule has 2 heterocycles. The molecule has 2 aromatic carbocycles. The number of methoxy groups -OCH3 is 2. The minimum absolute atomic E-state index is 0.258. The molecule has 4 rings (SSSR count). The molecule has 0 radical (unpaired) electrons. The van der Waals surface area contributed by atoms with Gasteiger partial charge in [0.15, 0.2) is 0 Å². The number of aromatic nitrogens is 1. The zero-order chi connectivity index (χ0) is 22.0. The van der Waals surface area contributed by atoms with E-state index in [0.717, 1.165) is 21.0 Å². The van der Waals surface area contributed by atoms with Crippen LogP contribution in [0.15, 0.2) is 58.5 Å². The second-order valence-corrected chi connectivity index (χ2v) is 8.36. The summed E-state index contributed by atoms with van der Waals surface area (Å²) in [7, 11) is 3.04. The number of fused-ring (bicyclic) bond motifs is 1. The van der Waals surface area contributed by atoms with Crippen LogP contribution in [0.2, 0.25) is 0 Å². The van der Waals surface area contributed by atoms with E-state index in [1.807, 2.05) is 30.5 Å². The first kappa shape index (κ1) is 21.0. The van der Waals surface area contributed by atoms with Crippen molar-refractivity contribution in [3.8, 4) is 22.6 Å². The van der Waals surface area contributed by atoms with E-state index in [0.29, 0.717) is 21.9 Å². The molecule has 31 heavy (non-hydrogen) atoms. The molecule has 0 bridgehead atoms. The normalized spacial score (nSPS) is 10.7. The fourth-order valence-electron chi connectivity index (χ4n) is 3.31. The SMILES string of the molecule is COc1cc(OC)c2c(-c3ccc(Br)cc3)c[nH]c2c1C(=O)NNC(=O)c1cccs1. The van der Waals surface area contributed by atoms with Crippen LogP contribution in [-0.4, -0.2) is 31.0 Å². The van der Waals surface area contributed by atoms with Crippen molar-refractivity contribution in [1.29, 1.82) is 0 Å². The summed E-state index contributed by atoms with van der Waals surface area (Å²) in [6.45, 7) is 0. The predicted molar refractivity (Wildman–Crippen MR) is 124 cm³/mol. The number of carbonyl (C=O) groups is 2. The smallest absolute Gasteiger partial charge is 0.279 e. The Bertz CT molecular complexity index is 1250. The van der Waals surface area contributed by atoms with Gasteiger partial charge in [-0.1, -0.05) is 34.1 Å². The Morgan fingerprint density at radius 2 is 1.71 bits per heavy atom. The molecule has 0 aliphatic heterocycles. The summed E-state index contributed by atoms with van der Waals surface area (Å²) in [4.78, 5) is 28.9. The lowest BCUT2D eigenvalue weighted by Crippen LogP contribution is -2.41. The van der Waals surface area contributed by atoms with Crippen LogP contribution in [0.3, 0.4) is 0 Å². The second kappa shape index (κ2) is 8.83. The molecular formula is C22H18BrN3O4S. The molecule has 9 heteroatoms. The molecule has 4 aromatic rings. The maximum atomic E-state index is 13.0. The first-order valence-corrected chi connectivity index (χ1v) is 10.9. The zero-order valence-electron chi connectivity index (χ0n) is 16.6. The van der Waals surface area contributed by atoms with Gasteiger partial charge < -0.3 is 14.5 Å². The van der Waals surface area contributed by atoms with E-state index in [1.165, 1.54) is 18.4 Å². The summed E-state index contributed by atoms with van der Waals surface area (Å²) in [6.07, 6.45) is 1.82. The van der Waals surface area contributed by atoms with Gasteiger partial charge in [-0.3, -0.25) is 20.4 Å². The van der Waals surface area contributed by atoms with Gasteiger partial charge in [0, 0.05) is 22.3 Å². The highest BCUT2D eigenvalue weighted by atomic mass is 79.9. The quantitative estimate of drug-likeness (QED) is 0.345. The number of thiophene rings is 1. The molecule has 3 N–H and O–H groups in total. The first-order chi connectivity index (χ1) is 15.0. The number of hydrazine groups is 1. The molecule has 0 spiro atoms. The Morgan fingerprint density at radius 3 is 2.35 bits per heavy atom. The standard InChI is InChI=1S/C22H18BrN3O4S/c1-29-15-10-16(30-2)19(22(28)26-25-21(27)17-4-3-9-31-17)20-18(15)14(11-24-20)12-5-7-13(23)8-6-12/h3-11,24H,1-2H3,(H,25,27)(H,26,28). The highest BCUT2D eigenvalue weighted by Gasteiger charge is 2.24. The third-order valence-electron chi connectivity index (χ3n) is 4.74. The Balaban J connectivity index is 1.76. The number of H-pyrrole nitrogens is 1. The molecule has 0 fully saturated rings. The number of amides is 2. The summed E-state index contributed by atoms with van der Waals surface area (Å²) < 4.78 is 12.0. The molecule has 7 nitrogen and oxygen atoms in total. The summed E-state index contributed by atoms with van der Waals surface area (Å²) in [6, 6.07) is 12.9. The number of carbonyl (C=O) groups excluding carboxylic acids is 2. The minimum atomic E-state index is -0.515. The Labute approximate surface area is 190 Å². The van der Waals surface area contributed by atoms with Gasteiger partial charge in [-0.25, -0.2) is 0 Å². The van der Waals surface area contributed by atoms with Crippen molar-refractivity contribution in [3.05, 3.63) is 69.0 Å². The van der Waals surface area contributed by atoms with Crippen LogP contribution < -0.4 is 20.3 Å². The van der Waals surface area contributed by atoms with E-state index in [-0.39, 0.29) is 5.56 Å². The first-order valence-electron chi connectivity index (χ1n) is 9.19. The molecule has 0 saturated heterocycles.